The van der Waals surface area contributed by atoms with E-state index in [1.807, 2.05) is 34.6 Å². The minimum absolute atomic E-state index is 0.0489. The first-order chi connectivity index (χ1) is 7.67. The lowest BCUT2D eigenvalue weighted by atomic mass is 10.2. The van der Waals surface area contributed by atoms with Crippen LogP contribution in [0.3, 0.4) is 0 Å². The van der Waals surface area contributed by atoms with Crippen LogP contribution >= 0.6 is 0 Å². The Hall–Kier alpha value is -0.0100. The van der Waals surface area contributed by atoms with E-state index in [-0.39, 0.29) is 12.6 Å². The van der Waals surface area contributed by atoms with Crippen molar-refractivity contribution in [3.05, 3.63) is 0 Å². The molecule has 1 aliphatic heterocycles. The standard InChI is InChI=1S/C11H23NO4S/c1-10(2,3)16-17(14)12-9(6-7-13)8-15-11(12,4)5/h9,13H,6-8H2,1-5H3. The fourth-order valence-electron chi connectivity index (χ4n) is 1.78. The fraction of sp³-hybridized carbons (Fsp3) is 1.00. The van der Waals surface area contributed by atoms with E-state index in [0.29, 0.717) is 13.0 Å². The van der Waals surface area contributed by atoms with Gasteiger partial charge in [-0.3, -0.25) is 4.18 Å². The molecule has 6 heteroatoms. The SMILES string of the molecule is CC(C)(C)OS(=O)N1C(CCO)COC1(C)C. The Morgan fingerprint density at radius 2 is 2.12 bits per heavy atom. The first-order valence-corrected chi connectivity index (χ1v) is 6.86. The van der Waals surface area contributed by atoms with Gasteiger partial charge in [0.25, 0.3) is 0 Å². The van der Waals surface area contributed by atoms with Crippen LogP contribution in [0.2, 0.25) is 0 Å². The molecule has 0 aromatic heterocycles. The summed E-state index contributed by atoms with van der Waals surface area (Å²) in [7, 11) is 0. The number of hydrogen-bond acceptors (Lipinski definition) is 4. The average Bonchev–Trinajstić information content (AvgIpc) is 2.39. The van der Waals surface area contributed by atoms with Gasteiger partial charge in [-0.25, -0.2) is 4.21 Å². The molecule has 0 saturated carbocycles. The van der Waals surface area contributed by atoms with E-state index in [1.165, 1.54) is 0 Å². The molecule has 0 aromatic rings. The molecular weight excluding hydrogens is 242 g/mol. The van der Waals surface area contributed by atoms with Gasteiger partial charge in [0.15, 0.2) is 0 Å². The normalized spacial score (nSPS) is 27.3. The summed E-state index contributed by atoms with van der Waals surface area (Å²) in [6, 6.07) is -0.0711. The molecule has 1 aliphatic rings. The van der Waals surface area contributed by atoms with Gasteiger partial charge in [0.05, 0.1) is 18.2 Å². The van der Waals surface area contributed by atoms with Crippen LogP contribution in [-0.4, -0.2) is 44.2 Å². The maximum Gasteiger partial charge on any atom is 0.240 e. The summed E-state index contributed by atoms with van der Waals surface area (Å²) in [4.78, 5) is 0. The molecule has 0 amide bonds. The molecule has 1 heterocycles. The van der Waals surface area contributed by atoms with Gasteiger partial charge in [-0.15, -0.1) is 0 Å². The van der Waals surface area contributed by atoms with Gasteiger partial charge < -0.3 is 9.84 Å². The predicted octanol–water partition coefficient (Wildman–Crippen LogP) is 1.20. The maximum absolute atomic E-state index is 12.2. The van der Waals surface area contributed by atoms with Crippen LogP contribution in [0.15, 0.2) is 0 Å². The Morgan fingerprint density at radius 1 is 1.53 bits per heavy atom. The lowest BCUT2D eigenvalue weighted by Gasteiger charge is -2.33. The van der Waals surface area contributed by atoms with Crippen molar-refractivity contribution in [2.24, 2.45) is 0 Å². The highest BCUT2D eigenvalue weighted by Gasteiger charge is 2.45. The molecule has 1 saturated heterocycles. The van der Waals surface area contributed by atoms with Crippen molar-refractivity contribution in [3.63, 3.8) is 0 Å². The highest BCUT2D eigenvalue weighted by Crippen LogP contribution is 2.31. The van der Waals surface area contributed by atoms with Crippen molar-refractivity contribution >= 4 is 11.3 Å². The van der Waals surface area contributed by atoms with Gasteiger partial charge in [0.1, 0.15) is 5.72 Å². The van der Waals surface area contributed by atoms with Crippen LogP contribution < -0.4 is 0 Å². The van der Waals surface area contributed by atoms with E-state index in [2.05, 4.69) is 0 Å². The summed E-state index contributed by atoms with van der Waals surface area (Å²) in [6.45, 7) is 9.80. The lowest BCUT2D eigenvalue weighted by molar-refractivity contribution is -0.0207. The van der Waals surface area contributed by atoms with Crippen molar-refractivity contribution < 1.29 is 18.2 Å². The van der Waals surface area contributed by atoms with E-state index in [1.54, 1.807) is 4.31 Å². The van der Waals surface area contributed by atoms with Crippen molar-refractivity contribution in [2.45, 2.75) is 58.4 Å². The van der Waals surface area contributed by atoms with Gasteiger partial charge in [-0.05, 0) is 41.0 Å². The Labute approximate surface area is 106 Å². The molecule has 0 spiro atoms. The van der Waals surface area contributed by atoms with Crippen LogP contribution in [0, 0.1) is 0 Å². The number of hydrogen-bond donors (Lipinski definition) is 1. The maximum atomic E-state index is 12.2. The van der Waals surface area contributed by atoms with Crippen LogP contribution in [0.1, 0.15) is 41.0 Å². The number of aliphatic hydroxyl groups is 1. The molecule has 0 aromatic carbocycles. The quantitative estimate of drug-likeness (QED) is 0.830. The Kier molecular flexibility index (Phi) is 4.71. The van der Waals surface area contributed by atoms with Crippen LogP contribution in [0.4, 0.5) is 0 Å². The Balaban J connectivity index is 2.79. The largest absolute Gasteiger partial charge is 0.396 e. The molecule has 2 unspecified atom stereocenters. The summed E-state index contributed by atoms with van der Waals surface area (Å²) in [5.41, 5.74) is -1.11. The predicted molar refractivity (Wildman–Crippen MR) is 66.3 cm³/mol. The monoisotopic (exact) mass is 265 g/mol. The van der Waals surface area contributed by atoms with Gasteiger partial charge in [-0.1, -0.05) is 0 Å². The summed E-state index contributed by atoms with van der Waals surface area (Å²) < 4.78 is 25.0. The minimum Gasteiger partial charge on any atom is -0.396 e. The first kappa shape index (κ1) is 15.0. The highest BCUT2D eigenvalue weighted by molar-refractivity contribution is 7.77. The van der Waals surface area contributed by atoms with Gasteiger partial charge in [0, 0.05) is 6.61 Å². The molecular formula is C11H23NO4S. The molecule has 0 bridgehead atoms. The topological polar surface area (TPSA) is 59.0 Å². The minimum atomic E-state index is -1.57. The average molecular weight is 265 g/mol. The number of aliphatic hydroxyl groups excluding tert-OH is 1. The number of ether oxygens (including phenoxy) is 1. The third-order valence-corrected chi connectivity index (χ3v) is 4.14. The van der Waals surface area contributed by atoms with Crippen molar-refractivity contribution in [2.75, 3.05) is 13.2 Å². The van der Waals surface area contributed by atoms with Crippen molar-refractivity contribution in [1.29, 1.82) is 0 Å². The Morgan fingerprint density at radius 3 is 2.59 bits per heavy atom. The molecule has 0 aliphatic carbocycles. The summed E-state index contributed by atoms with van der Waals surface area (Å²) >= 11 is -1.57. The second-order valence-corrected chi connectivity index (χ2v) is 6.66. The van der Waals surface area contributed by atoms with E-state index in [4.69, 9.17) is 14.0 Å². The molecule has 102 valence electrons. The molecule has 1 N–H and O–H groups in total. The van der Waals surface area contributed by atoms with Crippen LogP contribution in [0.5, 0.6) is 0 Å². The van der Waals surface area contributed by atoms with Crippen molar-refractivity contribution in [1.82, 2.24) is 4.31 Å². The molecule has 2 atom stereocenters. The van der Waals surface area contributed by atoms with Crippen molar-refractivity contribution in [3.8, 4) is 0 Å². The van der Waals surface area contributed by atoms with E-state index in [9.17, 15) is 4.21 Å². The molecule has 17 heavy (non-hydrogen) atoms. The Bertz CT molecular complexity index is 288. The van der Waals surface area contributed by atoms with Crippen LogP contribution in [0.25, 0.3) is 0 Å². The van der Waals surface area contributed by atoms with Gasteiger partial charge in [-0.2, -0.15) is 4.31 Å². The van der Waals surface area contributed by atoms with Gasteiger partial charge in [0.2, 0.25) is 11.3 Å². The zero-order valence-corrected chi connectivity index (χ0v) is 12.0. The summed E-state index contributed by atoms with van der Waals surface area (Å²) in [5.74, 6) is 0. The zero-order chi connectivity index (χ0) is 13.3. The third kappa shape index (κ3) is 3.99. The summed E-state index contributed by atoms with van der Waals surface area (Å²) in [5, 5.41) is 9.01. The third-order valence-electron chi connectivity index (χ3n) is 2.44. The van der Waals surface area contributed by atoms with E-state index in [0.717, 1.165) is 0 Å². The number of rotatable bonds is 4. The smallest absolute Gasteiger partial charge is 0.240 e. The molecule has 0 radical (unpaired) electrons. The second kappa shape index (κ2) is 5.32. The number of nitrogens with zero attached hydrogens (tertiary/aromatic N) is 1. The summed E-state index contributed by atoms with van der Waals surface area (Å²) in [6.07, 6.45) is 0.530. The van der Waals surface area contributed by atoms with E-state index >= 15 is 0 Å². The molecule has 1 fully saturated rings. The fourth-order valence-corrected chi connectivity index (χ4v) is 3.11. The van der Waals surface area contributed by atoms with Crippen LogP contribution in [-0.2, 0) is 20.2 Å². The molecule has 1 rings (SSSR count). The van der Waals surface area contributed by atoms with E-state index < -0.39 is 22.6 Å². The molecule has 5 nitrogen and oxygen atoms in total. The van der Waals surface area contributed by atoms with Gasteiger partial charge >= 0.3 is 0 Å². The second-order valence-electron chi connectivity index (χ2n) is 5.66. The first-order valence-electron chi connectivity index (χ1n) is 5.83. The lowest BCUT2D eigenvalue weighted by Crippen LogP contribution is -2.47. The highest BCUT2D eigenvalue weighted by atomic mass is 32.2. The zero-order valence-electron chi connectivity index (χ0n) is 11.2.